The number of hydrogen-bond acceptors (Lipinski definition) is 4. The van der Waals surface area contributed by atoms with Crippen LogP contribution in [0.15, 0.2) is 48.7 Å². The van der Waals surface area contributed by atoms with E-state index in [0.717, 1.165) is 5.75 Å². The predicted molar refractivity (Wildman–Crippen MR) is 108 cm³/mol. The third kappa shape index (κ3) is 4.31. The molecule has 1 aromatic carbocycles. The Morgan fingerprint density at radius 2 is 1.79 bits per heavy atom. The zero-order valence-electron chi connectivity index (χ0n) is 16.4. The second kappa shape index (κ2) is 7.72. The zero-order chi connectivity index (χ0) is 20.3. The minimum atomic E-state index is -0.410. The summed E-state index contributed by atoms with van der Waals surface area (Å²) in [4.78, 5) is 29.8. The Bertz CT molecular complexity index is 1000. The van der Waals surface area contributed by atoms with E-state index in [4.69, 9.17) is 4.74 Å². The molecular weight excluding hydrogens is 356 g/mol. The van der Waals surface area contributed by atoms with E-state index in [-0.39, 0.29) is 17.4 Å². The molecular formula is C21H24N4O3. The molecule has 146 valence electrons. The number of hydrogen-bond donors (Lipinski definition) is 2. The lowest BCUT2D eigenvalue weighted by atomic mass is 10.1. The number of imidazole rings is 1. The van der Waals surface area contributed by atoms with Crippen molar-refractivity contribution in [3.8, 4) is 5.75 Å². The molecule has 2 N–H and O–H groups in total. The molecule has 0 aliphatic carbocycles. The molecule has 0 bridgehead atoms. The largest absolute Gasteiger partial charge is 0.494 e. The smallest absolute Gasteiger partial charge is 0.292 e. The molecule has 0 spiro atoms. The highest BCUT2D eigenvalue weighted by molar-refractivity contribution is 6.06. The summed E-state index contributed by atoms with van der Waals surface area (Å²) in [5.74, 6) is 0.146. The number of carbonyl (C=O) groups is 2. The first kappa shape index (κ1) is 19.4. The summed E-state index contributed by atoms with van der Waals surface area (Å²) in [7, 11) is 0. The van der Waals surface area contributed by atoms with Crippen molar-refractivity contribution >= 4 is 23.0 Å². The molecule has 0 aliphatic rings. The number of rotatable bonds is 5. The van der Waals surface area contributed by atoms with Gasteiger partial charge in [-0.25, -0.2) is 4.98 Å². The van der Waals surface area contributed by atoms with Crippen LogP contribution in [0.1, 0.15) is 48.8 Å². The van der Waals surface area contributed by atoms with Gasteiger partial charge in [-0.2, -0.15) is 0 Å². The van der Waals surface area contributed by atoms with E-state index in [2.05, 4.69) is 15.6 Å². The number of amides is 2. The van der Waals surface area contributed by atoms with Crippen LogP contribution in [0.3, 0.4) is 0 Å². The fraction of sp³-hybridized carbons (Fsp3) is 0.286. The van der Waals surface area contributed by atoms with Crippen LogP contribution in [0.5, 0.6) is 5.75 Å². The van der Waals surface area contributed by atoms with Crippen molar-refractivity contribution in [3.63, 3.8) is 0 Å². The van der Waals surface area contributed by atoms with Crippen molar-refractivity contribution in [1.29, 1.82) is 0 Å². The van der Waals surface area contributed by atoms with Gasteiger partial charge in [-0.05, 0) is 64.1 Å². The second-order valence-corrected chi connectivity index (χ2v) is 7.36. The molecule has 0 saturated heterocycles. The summed E-state index contributed by atoms with van der Waals surface area (Å²) in [6.07, 6.45) is 1.71. The molecule has 7 heteroatoms. The van der Waals surface area contributed by atoms with Gasteiger partial charge in [0.15, 0.2) is 5.69 Å². The molecule has 0 atom stereocenters. The Hall–Kier alpha value is -3.35. The van der Waals surface area contributed by atoms with Gasteiger partial charge in [0.1, 0.15) is 5.75 Å². The van der Waals surface area contributed by atoms with Gasteiger partial charge in [-0.15, -0.1) is 0 Å². The Morgan fingerprint density at radius 3 is 2.43 bits per heavy atom. The summed E-state index contributed by atoms with van der Waals surface area (Å²) >= 11 is 0. The lowest BCUT2D eigenvalue weighted by Crippen LogP contribution is -2.40. The molecule has 0 unspecified atom stereocenters. The number of fused-ring (bicyclic) bond motifs is 1. The van der Waals surface area contributed by atoms with Gasteiger partial charge in [0.25, 0.3) is 11.8 Å². The second-order valence-electron chi connectivity index (χ2n) is 7.36. The maximum atomic E-state index is 12.8. The molecule has 2 amide bonds. The van der Waals surface area contributed by atoms with E-state index in [9.17, 15) is 9.59 Å². The zero-order valence-corrected chi connectivity index (χ0v) is 16.4. The fourth-order valence-corrected chi connectivity index (χ4v) is 2.75. The number of nitrogens with one attached hydrogen (secondary N) is 2. The SMILES string of the molecule is CCOc1ccc(NC(=O)c2nc(C(=O)NC(C)(C)C)c3ccccn23)cc1. The third-order valence-electron chi connectivity index (χ3n) is 3.88. The van der Waals surface area contributed by atoms with E-state index in [1.807, 2.05) is 27.7 Å². The maximum absolute atomic E-state index is 12.8. The summed E-state index contributed by atoms with van der Waals surface area (Å²) < 4.78 is 7.02. The summed E-state index contributed by atoms with van der Waals surface area (Å²) in [5, 5.41) is 5.70. The monoisotopic (exact) mass is 380 g/mol. The predicted octanol–water partition coefficient (Wildman–Crippen LogP) is 3.51. The van der Waals surface area contributed by atoms with Crippen LogP contribution in [0.2, 0.25) is 0 Å². The number of pyridine rings is 1. The van der Waals surface area contributed by atoms with E-state index in [1.54, 1.807) is 53.1 Å². The fourth-order valence-electron chi connectivity index (χ4n) is 2.75. The lowest BCUT2D eigenvalue weighted by Gasteiger charge is -2.19. The van der Waals surface area contributed by atoms with E-state index in [0.29, 0.717) is 17.8 Å². The van der Waals surface area contributed by atoms with Crippen LogP contribution in [-0.4, -0.2) is 33.3 Å². The number of anilines is 1. The van der Waals surface area contributed by atoms with Crippen molar-refractivity contribution in [2.75, 3.05) is 11.9 Å². The van der Waals surface area contributed by atoms with Gasteiger partial charge < -0.3 is 15.4 Å². The molecule has 0 radical (unpaired) electrons. The van der Waals surface area contributed by atoms with Crippen LogP contribution in [0, 0.1) is 0 Å². The molecule has 2 heterocycles. The minimum Gasteiger partial charge on any atom is -0.494 e. The van der Waals surface area contributed by atoms with Crippen molar-refractivity contribution in [2.45, 2.75) is 33.2 Å². The average Bonchev–Trinajstić information content (AvgIpc) is 3.02. The van der Waals surface area contributed by atoms with Crippen molar-refractivity contribution < 1.29 is 14.3 Å². The van der Waals surface area contributed by atoms with Gasteiger partial charge in [0.05, 0.1) is 12.1 Å². The van der Waals surface area contributed by atoms with Gasteiger partial charge in [0, 0.05) is 17.4 Å². The van der Waals surface area contributed by atoms with Gasteiger partial charge >= 0.3 is 0 Å². The van der Waals surface area contributed by atoms with Crippen LogP contribution < -0.4 is 15.4 Å². The average molecular weight is 380 g/mol. The standard InChI is InChI=1S/C21H24N4O3/c1-5-28-15-11-9-14(10-12-15)22-20(27)18-23-17(19(26)24-21(2,3)4)16-8-6-7-13-25(16)18/h6-13H,5H2,1-4H3,(H,22,27)(H,24,26). The Kier molecular flexibility index (Phi) is 5.35. The molecule has 0 saturated carbocycles. The topological polar surface area (TPSA) is 84.7 Å². The van der Waals surface area contributed by atoms with Crippen molar-refractivity contribution in [1.82, 2.24) is 14.7 Å². The number of carbonyl (C=O) groups excluding carboxylic acids is 2. The van der Waals surface area contributed by atoms with E-state index >= 15 is 0 Å². The normalized spacial score (nSPS) is 11.3. The van der Waals surface area contributed by atoms with Crippen LogP contribution in [-0.2, 0) is 0 Å². The summed E-state index contributed by atoms with van der Waals surface area (Å²) in [6.45, 7) is 8.16. The number of nitrogens with zero attached hydrogens (tertiary/aromatic N) is 2. The first-order chi connectivity index (χ1) is 13.3. The van der Waals surface area contributed by atoms with Crippen molar-refractivity contribution in [2.24, 2.45) is 0 Å². The van der Waals surface area contributed by atoms with Crippen LogP contribution in [0.4, 0.5) is 5.69 Å². The molecule has 28 heavy (non-hydrogen) atoms. The van der Waals surface area contributed by atoms with E-state index in [1.165, 1.54) is 0 Å². The molecule has 2 aromatic heterocycles. The van der Waals surface area contributed by atoms with Gasteiger partial charge in [-0.3, -0.25) is 14.0 Å². The first-order valence-electron chi connectivity index (χ1n) is 9.12. The highest BCUT2D eigenvalue weighted by atomic mass is 16.5. The Balaban J connectivity index is 1.90. The maximum Gasteiger partial charge on any atom is 0.292 e. The number of benzene rings is 1. The molecule has 0 fully saturated rings. The van der Waals surface area contributed by atoms with Crippen LogP contribution >= 0.6 is 0 Å². The van der Waals surface area contributed by atoms with Gasteiger partial charge in [-0.1, -0.05) is 6.07 Å². The highest BCUT2D eigenvalue weighted by Crippen LogP contribution is 2.18. The Morgan fingerprint density at radius 1 is 1.07 bits per heavy atom. The van der Waals surface area contributed by atoms with E-state index < -0.39 is 11.4 Å². The summed E-state index contributed by atoms with van der Waals surface area (Å²) in [5.41, 5.74) is 0.988. The highest BCUT2D eigenvalue weighted by Gasteiger charge is 2.24. The molecule has 3 aromatic rings. The Labute approximate surface area is 163 Å². The first-order valence-corrected chi connectivity index (χ1v) is 9.12. The quantitative estimate of drug-likeness (QED) is 0.709. The molecule has 0 aliphatic heterocycles. The number of aromatic nitrogens is 2. The van der Waals surface area contributed by atoms with Crippen LogP contribution in [0.25, 0.3) is 5.52 Å². The molecule has 3 rings (SSSR count). The van der Waals surface area contributed by atoms with Gasteiger partial charge in [0.2, 0.25) is 5.82 Å². The number of ether oxygens (including phenoxy) is 1. The molecule has 7 nitrogen and oxygen atoms in total. The third-order valence-corrected chi connectivity index (χ3v) is 3.88. The van der Waals surface area contributed by atoms with Crippen molar-refractivity contribution in [3.05, 3.63) is 60.2 Å². The minimum absolute atomic E-state index is 0.142. The summed E-state index contributed by atoms with van der Waals surface area (Å²) in [6, 6.07) is 12.4. The lowest BCUT2D eigenvalue weighted by molar-refractivity contribution is 0.0916.